The van der Waals surface area contributed by atoms with Gasteiger partial charge in [-0.25, -0.2) is 0 Å². The van der Waals surface area contributed by atoms with E-state index in [1.165, 1.54) is 31.2 Å². The third-order valence-electron chi connectivity index (χ3n) is 3.91. The van der Waals surface area contributed by atoms with Gasteiger partial charge in [0.25, 0.3) is 0 Å². The van der Waals surface area contributed by atoms with E-state index in [1.807, 2.05) is 0 Å². The molecule has 2 saturated heterocycles. The van der Waals surface area contributed by atoms with Gasteiger partial charge < -0.3 is 10.6 Å². The van der Waals surface area contributed by atoms with Gasteiger partial charge in [0.1, 0.15) is 0 Å². The molecule has 2 aliphatic rings. The molecule has 0 radical (unpaired) electrons. The predicted molar refractivity (Wildman–Crippen MR) is 66.2 cm³/mol. The molecule has 0 aromatic heterocycles. The standard InChI is InChI=1S/C14H20N2/c1-2-4-11(5-3-1)10-15-14-8-12-6-7-13(9-14)16-12/h1-5,12-16H,6-10H2/t12-,13+,14?. The largest absolute Gasteiger partial charge is 0.311 e. The molecule has 2 bridgehead atoms. The first-order valence-electron chi connectivity index (χ1n) is 6.43. The van der Waals surface area contributed by atoms with Crippen LogP contribution in [0, 0.1) is 0 Å². The molecular weight excluding hydrogens is 196 g/mol. The quantitative estimate of drug-likeness (QED) is 0.808. The Labute approximate surface area is 97.4 Å². The summed E-state index contributed by atoms with van der Waals surface area (Å²) in [5.74, 6) is 0. The minimum atomic E-state index is 0.721. The molecule has 86 valence electrons. The fourth-order valence-corrected chi connectivity index (χ4v) is 3.08. The molecule has 2 heteroatoms. The first kappa shape index (κ1) is 10.3. The Balaban J connectivity index is 1.52. The van der Waals surface area contributed by atoms with Crippen LogP contribution in [0.25, 0.3) is 0 Å². The molecule has 1 aromatic rings. The van der Waals surface area contributed by atoms with Crippen LogP contribution in [0.4, 0.5) is 0 Å². The van der Waals surface area contributed by atoms with Crippen molar-refractivity contribution in [2.75, 3.05) is 0 Å². The highest BCUT2D eigenvalue weighted by Gasteiger charge is 2.32. The number of hydrogen-bond acceptors (Lipinski definition) is 2. The molecule has 2 fully saturated rings. The molecule has 2 heterocycles. The van der Waals surface area contributed by atoms with Gasteiger partial charge in [-0.1, -0.05) is 30.3 Å². The van der Waals surface area contributed by atoms with Crippen molar-refractivity contribution in [3.05, 3.63) is 35.9 Å². The van der Waals surface area contributed by atoms with Crippen LogP contribution in [-0.4, -0.2) is 18.1 Å². The molecule has 0 spiro atoms. The summed E-state index contributed by atoms with van der Waals surface area (Å²) < 4.78 is 0. The predicted octanol–water partition coefficient (Wildman–Crippen LogP) is 2.06. The summed E-state index contributed by atoms with van der Waals surface area (Å²) in [5, 5.41) is 7.38. The molecule has 0 aliphatic carbocycles. The summed E-state index contributed by atoms with van der Waals surface area (Å²) in [6.45, 7) is 1.02. The molecule has 2 aliphatic heterocycles. The van der Waals surface area contributed by atoms with Crippen molar-refractivity contribution in [1.82, 2.24) is 10.6 Å². The van der Waals surface area contributed by atoms with Gasteiger partial charge in [-0.15, -0.1) is 0 Å². The second kappa shape index (κ2) is 4.56. The number of benzene rings is 1. The minimum Gasteiger partial charge on any atom is -0.311 e. The lowest BCUT2D eigenvalue weighted by Gasteiger charge is -2.29. The Morgan fingerprint density at radius 2 is 1.75 bits per heavy atom. The summed E-state index contributed by atoms with van der Waals surface area (Å²) in [6.07, 6.45) is 5.38. The van der Waals surface area contributed by atoms with E-state index in [-0.39, 0.29) is 0 Å². The third kappa shape index (κ3) is 2.28. The van der Waals surface area contributed by atoms with Crippen LogP contribution in [-0.2, 0) is 6.54 Å². The lowest BCUT2D eigenvalue weighted by atomic mass is 9.99. The minimum absolute atomic E-state index is 0.721. The Kier molecular flexibility index (Phi) is 2.94. The van der Waals surface area contributed by atoms with E-state index in [9.17, 15) is 0 Å². The van der Waals surface area contributed by atoms with Gasteiger partial charge in [-0.05, 0) is 31.2 Å². The average Bonchev–Trinajstić information content (AvgIpc) is 2.67. The van der Waals surface area contributed by atoms with Gasteiger partial charge in [0, 0.05) is 24.7 Å². The summed E-state index contributed by atoms with van der Waals surface area (Å²) in [7, 11) is 0. The van der Waals surface area contributed by atoms with Crippen LogP contribution < -0.4 is 10.6 Å². The lowest BCUT2D eigenvalue weighted by Crippen LogP contribution is -2.46. The number of nitrogens with one attached hydrogen (secondary N) is 2. The first-order chi connectivity index (χ1) is 7.90. The molecule has 2 nitrogen and oxygen atoms in total. The number of hydrogen-bond donors (Lipinski definition) is 2. The van der Waals surface area contributed by atoms with Crippen LogP contribution in [0.3, 0.4) is 0 Å². The van der Waals surface area contributed by atoms with E-state index in [0.717, 1.165) is 24.7 Å². The molecule has 3 atom stereocenters. The van der Waals surface area contributed by atoms with Crippen LogP contribution >= 0.6 is 0 Å². The Morgan fingerprint density at radius 3 is 2.44 bits per heavy atom. The summed E-state index contributed by atoms with van der Waals surface area (Å²) in [6, 6.07) is 13.0. The molecule has 2 N–H and O–H groups in total. The van der Waals surface area contributed by atoms with Gasteiger partial charge in [0.15, 0.2) is 0 Å². The molecule has 16 heavy (non-hydrogen) atoms. The Morgan fingerprint density at radius 1 is 1.06 bits per heavy atom. The van der Waals surface area contributed by atoms with Crippen LogP contribution in [0.5, 0.6) is 0 Å². The van der Waals surface area contributed by atoms with Gasteiger partial charge in [0.2, 0.25) is 0 Å². The van der Waals surface area contributed by atoms with Crippen LogP contribution in [0.1, 0.15) is 31.2 Å². The Hall–Kier alpha value is -0.860. The fraction of sp³-hybridized carbons (Fsp3) is 0.571. The maximum atomic E-state index is 3.70. The van der Waals surface area contributed by atoms with Gasteiger partial charge in [-0.2, -0.15) is 0 Å². The van der Waals surface area contributed by atoms with Gasteiger partial charge >= 0.3 is 0 Å². The lowest BCUT2D eigenvalue weighted by molar-refractivity contribution is 0.316. The molecule has 0 amide bonds. The third-order valence-corrected chi connectivity index (χ3v) is 3.91. The topological polar surface area (TPSA) is 24.1 Å². The van der Waals surface area contributed by atoms with Crippen molar-refractivity contribution >= 4 is 0 Å². The zero-order chi connectivity index (χ0) is 10.8. The first-order valence-corrected chi connectivity index (χ1v) is 6.43. The molecule has 1 aromatic carbocycles. The van der Waals surface area contributed by atoms with Crippen molar-refractivity contribution < 1.29 is 0 Å². The summed E-state index contributed by atoms with van der Waals surface area (Å²) >= 11 is 0. The maximum Gasteiger partial charge on any atom is 0.0208 e. The van der Waals surface area contributed by atoms with E-state index in [0.29, 0.717) is 0 Å². The second-order valence-electron chi connectivity index (χ2n) is 5.17. The van der Waals surface area contributed by atoms with Crippen molar-refractivity contribution in [2.45, 2.75) is 50.4 Å². The average molecular weight is 216 g/mol. The summed E-state index contributed by atoms with van der Waals surface area (Å²) in [5.41, 5.74) is 1.40. The van der Waals surface area contributed by atoms with E-state index >= 15 is 0 Å². The van der Waals surface area contributed by atoms with E-state index in [2.05, 4.69) is 41.0 Å². The molecule has 0 saturated carbocycles. The molecular formula is C14H20N2. The monoisotopic (exact) mass is 216 g/mol. The highest BCUT2D eigenvalue weighted by atomic mass is 15.0. The smallest absolute Gasteiger partial charge is 0.0208 e. The van der Waals surface area contributed by atoms with Crippen LogP contribution in [0.15, 0.2) is 30.3 Å². The van der Waals surface area contributed by atoms with E-state index in [4.69, 9.17) is 0 Å². The van der Waals surface area contributed by atoms with E-state index in [1.54, 1.807) is 0 Å². The van der Waals surface area contributed by atoms with Crippen LogP contribution in [0.2, 0.25) is 0 Å². The highest BCUT2D eigenvalue weighted by molar-refractivity contribution is 5.14. The SMILES string of the molecule is c1ccc(CNC2C[C@H]3CC[C@@H](C2)N3)cc1. The van der Waals surface area contributed by atoms with Gasteiger partial charge in [0.05, 0.1) is 0 Å². The van der Waals surface area contributed by atoms with Crippen molar-refractivity contribution in [2.24, 2.45) is 0 Å². The van der Waals surface area contributed by atoms with E-state index < -0.39 is 0 Å². The number of fused-ring (bicyclic) bond motifs is 2. The maximum absolute atomic E-state index is 3.70. The number of piperidine rings is 1. The van der Waals surface area contributed by atoms with Crippen molar-refractivity contribution in [1.29, 1.82) is 0 Å². The Bertz CT molecular complexity index is 324. The second-order valence-corrected chi connectivity index (χ2v) is 5.17. The fourth-order valence-electron chi connectivity index (χ4n) is 3.08. The summed E-state index contributed by atoms with van der Waals surface area (Å²) in [4.78, 5) is 0. The zero-order valence-electron chi connectivity index (χ0n) is 9.65. The van der Waals surface area contributed by atoms with Crippen molar-refractivity contribution in [3.63, 3.8) is 0 Å². The normalized spacial score (nSPS) is 32.9. The highest BCUT2D eigenvalue weighted by Crippen LogP contribution is 2.26. The zero-order valence-corrected chi connectivity index (χ0v) is 9.65. The van der Waals surface area contributed by atoms with Gasteiger partial charge in [-0.3, -0.25) is 0 Å². The molecule has 1 unspecified atom stereocenters. The van der Waals surface area contributed by atoms with Crippen molar-refractivity contribution in [3.8, 4) is 0 Å². The molecule has 3 rings (SSSR count). The number of rotatable bonds is 3.